The monoisotopic (exact) mass is 337 g/mol. The van der Waals surface area contributed by atoms with Crippen molar-refractivity contribution < 1.29 is 14.3 Å². The van der Waals surface area contributed by atoms with Crippen LogP contribution in [0.1, 0.15) is 57.1 Å². The molecule has 126 valence electrons. The number of ether oxygens (including phenoxy) is 1. The minimum absolute atomic E-state index is 0.105. The highest BCUT2D eigenvalue weighted by Crippen LogP contribution is 2.35. The molecule has 0 saturated carbocycles. The molecule has 2 rings (SSSR count). The van der Waals surface area contributed by atoms with Crippen molar-refractivity contribution in [2.24, 2.45) is 5.92 Å². The molecular formula is C18H24ClNO3. The molecule has 1 aromatic rings. The molecule has 0 bridgehead atoms. The maximum Gasteiger partial charge on any atom is 0.307 e. The van der Waals surface area contributed by atoms with Gasteiger partial charge in [0.2, 0.25) is 5.91 Å². The molecule has 2 atom stereocenters. The van der Waals surface area contributed by atoms with E-state index >= 15 is 0 Å². The van der Waals surface area contributed by atoms with E-state index in [9.17, 15) is 9.59 Å². The van der Waals surface area contributed by atoms with Crippen molar-refractivity contribution in [1.82, 2.24) is 5.32 Å². The van der Waals surface area contributed by atoms with Crippen molar-refractivity contribution in [3.05, 3.63) is 34.9 Å². The third-order valence-electron chi connectivity index (χ3n) is 4.13. The van der Waals surface area contributed by atoms with Gasteiger partial charge in [0.25, 0.3) is 0 Å². The Morgan fingerprint density at radius 3 is 2.61 bits per heavy atom. The fourth-order valence-electron chi connectivity index (χ4n) is 2.81. The quantitative estimate of drug-likeness (QED) is 0.575. The molecule has 4 nitrogen and oxygen atoms in total. The predicted octanol–water partition coefficient (Wildman–Crippen LogP) is 4.03. The molecular weight excluding hydrogens is 314 g/mol. The SMILES string of the molecule is CCCCCCCNC(=O)[C@@H]1CC(=O)O[C@H]1c1ccc(Cl)cc1. The summed E-state index contributed by atoms with van der Waals surface area (Å²) in [5, 5.41) is 3.55. The Morgan fingerprint density at radius 1 is 1.22 bits per heavy atom. The van der Waals surface area contributed by atoms with Gasteiger partial charge in [-0.15, -0.1) is 0 Å². The zero-order valence-corrected chi connectivity index (χ0v) is 14.3. The number of amides is 1. The molecule has 1 heterocycles. The first-order chi connectivity index (χ1) is 11.1. The summed E-state index contributed by atoms with van der Waals surface area (Å²) in [6.45, 7) is 2.83. The summed E-state index contributed by atoms with van der Waals surface area (Å²) >= 11 is 5.88. The number of benzene rings is 1. The van der Waals surface area contributed by atoms with Gasteiger partial charge in [0.05, 0.1) is 12.3 Å². The first-order valence-electron chi connectivity index (χ1n) is 8.34. The molecule has 5 heteroatoms. The number of hydrogen-bond acceptors (Lipinski definition) is 3. The van der Waals surface area contributed by atoms with E-state index < -0.39 is 12.0 Å². The van der Waals surface area contributed by atoms with Crippen LogP contribution in [-0.2, 0) is 14.3 Å². The first kappa shape index (κ1) is 17.8. The van der Waals surface area contributed by atoms with E-state index in [-0.39, 0.29) is 18.3 Å². The van der Waals surface area contributed by atoms with Crippen molar-refractivity contribution in [1.29, 1.82) is 0 Å². The van der Waals surface area contributed by atoms with Crippen LogP contribution in [0.3, 0.4) is 0 Å². The largest absolute Gasteiger partial charge is 0.457 e. The number of carbonyl (C=O) groups is 2. The summed E-state index contributed by atoms with van der Waals surface area (Å²) in [4.78, 5) is 24.0. The zero-order chi connectivity index (χ0) is 16.7. The number of hydrogen-bond donors (Lipinski definition) is 1. The molecule has 1 saturated heterocycles. The second kappa shape index (κ2) is 8.92. The molecule has 0 aromatic heterocycles. The van der Waals surface area contributed by atoms with E-state index in [2.05, 4.69) is 12.2 Å². The average molecular weight is 338 g/mol. The van der Waals surface area contributed by atoms with Crippen LogP contribution >= 0.6 is 11.6 Å². The molecule has 1 aliphatic heterocycles. The van der Waals surface area contributed by atoms with E-state index in [0.717, 1.165) is 18.4 Å². The molecule has 1 N–H and O–H groups in total. The standard InChI is InChI=1S/C18H24ClNO3/c1-2-3-4-5-6-11-20-18(22)15-12-16(21)23-17(15)13-7-9-14(19)10-8-13/h7-10,15,17H,2-6,11-12H2,1H3,(H,20,22)/t15-,17+/m1/s1. The first-order valence-corrected chi connectivity index (χ1v) is 8.72. The molecule has 0 spiro atoms. The molecule has 1 aromatic carbocycles. The van der Waals surface area contributed by atoms with E-state index in [4.69, 9.17) is 16.3 Å². The number of carbonyl (C=O) groups excluding carboxylic acids is 2. The molecule has 0 radical (unpaired) electrons. The highest BCUT2D eigenvalue weighted by atomic mass is 35.5. The van der Waals surface area contributed by atoms with Gasteiger partial charge in [-0.1, -0.05) is 56.3 Å². The van der Waals surface area contributed by atoms with Crippen LogP contribution in [0, 0.1) is 5.92 Å². The van der Waals surface area contributed by atoms with Crippen LogP contribution in [0.25, 0.3) is 0 Å². The Bertz CT molecular complexity index is 530. The maximum atomic E-state index is 12.4. The van der Waals surface area contributed by atoms with Crippen LogP contribution in [0.15, 0.2) is 24.3 Å². The van der Waals surface area contributed by atoms with Gasteiger partial charge in [-0.25, -0.2) is 0 Å². The van der Waals surface area contributed by atoms with E-state index in [1.807, 2.05) is 0 Å². The highest BCUT2D eigenvalue weighted by molar-refractivity contribution is 6.30. The number of unbranched alkanes of at least 4 members (excludes halogenated alkanes) is 4. The summed E-state index contributed by atoms with van der Waals surface area (Å²) in [6, 6.07) is 7.09. The molecule has 1 amide bonds. The van der Waals surface area contributed by atoms with E-state index in [0.29, 0.717) is 11.6 Å². The molecule has 23 heavy (non-hydrogen) atoms. The van der Waals surface area contributed by atoms with Gasteiger partial charge in [-0.05, 0) is 24.1 Å². The number of cyclic esters (lactones) is 1. The summed E-state index contributed by atoms with van der Waals surface area (Å²) < 4.78 is 5.34. The molecule has 0 unspecified atom stereocenters. The Kier molecular flexibility index (Phi) is 6.90. The lowest BCUT2D eigenvalue weighted by Crippen LogP contribution is -2.33. The summed E-state index contributed by atoms with van der Waals surface area (Å²) in [6.07, 6.45) is 5.35. The van der Waals surface area contributed by atoms with Gasteiger partial charge in [-0.3, -0.25) is 9.59 Å². The lowest BCUT2D eigenvalue weighted by molar-refractivity contribution is -0.141. The topological polar surface area (TPSA) is 55.4 Å². The van der Waals surface area contributed by atoms with E-state index in [1.165, 1.54) is 19.3 Å². The Labute approximate surface area is 142 Å². The van der Waals surface area contributed by atoms with Crippen molar-refractivity contribution in [3.63, 3.8) is 0 Å². The van der Waals surface area contributed by atoms with Crippen molar-refractivity contribution >= 4 is 23.5 Å². The Balaban J connectivity index is 1.87. The summed E-state index contributed by atoms with van der Waals surface area (Å²) in [5.41, 5.74) is 0.809. The maximum absolute atomic E-state index is 12.4. The van der Waals surface area contributed by atoms with Crippen LogP contribution in [0.5, 0.6) is 0 Å². The van der Waals surface area contributed by atoms with Crippen molar-refractivity contribution in [2.45, 2.75) is 51.6 Å². The minimum Gasteiger partial charge on any atom is -0.457 e. The lowest BCUT2D eigenvalue weighted by atomic mass is 9.94. The Morgan fingerprint density at radius 2 is 1.91 bits per heavy atom. The van der Waals surface area contributed by atoms with Crippen molar-refractivity contribution in [2.75, 3.05) is 6.54 Å². The van der Waals surface area contributed by atoms with Gasteiger partial charge in [0.15, 0.2) is 0 Å². The van der Waals surface area contributed by atoms with Crippen LogP contribution in [-0.4, -0.2) is 18.4 Å². The van der Waals surface area contributed by atoms with Crippen LogP contribution in [0.4, 0.5) is 0 Å². The fraction of sp³-hybridized carbons (Fsp3) is 0.556. The summed E-state index contributed by atoms with van der Waals surface area (Å²) in [5.74, 6) is -0.890. The third-order valence-corrected chi connectivity index (χ3v) is 4.38. The number of nitrogens with one attached hydrogen (secondary N) is 1. The van der Waals surface area contributed by atoms with Crippen LogP contribution in [0.2, 0.25) is 5.02 Å². The van der Waals surface area contributed by atoms with Gasteiger partial charge in [0.1, 0.15) is 6.10 Å². The van der Waals surface area contributed by atoms with E-state index in [1.54, 1.807) is 24.3 Å². The molecule has 1 aliphatic rings. The van der Waals surface area contributed by atoms with Gasteiger partial charge >= 0.3 is 5.97 Å². The lowest BCUT2D eigenvalue weighted by Gasteiger charge is -2.17. The Hall–Kier alpha value is -1.55. The normalized spacial score (nSPS) is 20.3. The molecule has 0 aliphatic carbocycles. The number of halogens is 1. The fourth-order valence-corrected chi connectivity index (χ4v) is 2.94. The molecule has 1 fully saturated rings. The predicted molar refractivity (Wildman–Crippen MR) is 90.2 cm³/mol. The number of esters is 1. The third kappa shape index (κ3) is 5.24. The minimum atomic E-state index is -0.514. The second-order valence-corrected chi connectivity index (χ2v) is 6.41. The van der Waals surface area contributed by atoms with Crippen LogP contribution < -0.4 is 5.32 Å². The highest BCUT2D eigenvalue weighted by Gasteiger charge is 2.40. The summed E-state index contributed by atoms with van der Waals surface area (Å²) in [7, 11) is 0. The average Bonchev–Trinajstić information content (AvgIpc) is 2.93. The second-order valence-electron chi connectivity index (χ2n) is 5.98. The zero-order valence-electron chi connectivity index (χ0n) is 13.5. The number of rotatable bonds is 8. The van der Waals surface area contributed by atoms with Gasteiger partial charge in [-0.2, -0.15) is 0 Å². The van der Waals surface area contributed by atoms with Gasteiger partial charge in [0, 0.05) is 11.6 Å². The van der Waals surface area contributed by atoms with Crippen molar-refractivity contribution in [3.8, 4) is 0 Å². The smallest absolute Gasteiger partial charge is 0.307 e. The van der Waals surface area contributed by atoms with Gasteiger partial charge < -0.3 is 10.1 Å².